The Morgan fingerprint density at radius 3 is 1.85 bits per heavy atom. The van der Waals surface area contributed by atoms with Gasteiger partial charge in [-0.1, -0.05) is 25.1 Å². The van der Waals surface area contributed by atoms with Crippen molar-refractivity contribution < 1.29 is 40.9 Å². The quantitative estimate of drug-likeness (QED) is 0.273. The van der Waals surface area contributed by atoms with E-state index in [2.05, 4.69) is 0 Å². The van der Waals surface area contributed by atoms with Crippen molar-refractivity contribution in [2.45, 2.75) is 45.6 Å². The molecular formula is C30H28F6O3. The van der Waals surface area contributed by atoms with Crippen LogP contribution in [0.3, 0.4) is 0 Å². The fourth-order valence-electron chi connectivity index (χ4n) is 4.64. The minimum absolute atomic E-state index is 0.0317. The predicted molar refractivity (Wildman–Crippen MR) is 135 cm³/mol. The second-order valence-corrected chi connectivity index (χ2v) is 9.35. The summed E-state index contributed by atoms with van der Waals surface area (Å²) in [6.45, 7) is 3.40. The molecule has 0 saturated heterocycles. The monoisotopic (exact) mass is 550 g/mol. The summed E-state index contributed by atoms with van der Waals surface area (Å²) in [5.41, 5.74) is -0.259. The zero-order valence-electron chi connectivity index (χ0n) is 21.5. The van der Waals surface area contributed by atoms with Crippen LogP contribution in [-0.4, -0.2) is 18.3 Å². The molecule has 0 radical (unpaired) electrons. The highest BCUT2D eigenvalue weighted by molar-refractivity contribution is 5.68. The van der Waals surface area contributed by atoms with E-state index in [-0.39, 0.29) is 48.2 Å². The first-order valence-corrected chi connectivity index (χ1v) is 12.7. The maximum atomic E-state index is 14.8. The summed E-state index contributed by atoms with van der Waals surface area (Å²) in [6.07, 6.45) is 2.31. The number of benzene rings is 3. The molecule has 0 amide bonds. The molecule has 1 aliphatic rings. The van der Waals surface area contributed by atoms with E-state index in [9.17, 15) is 31.4 Å². The van der Waals surface area contributed by atoms with Crippen molar-refractivity contribution in [1.29, 1.82) is 0 Å². The Morgan fingerprint density at radius 2 is 1.31 bits per heavy atom. The van der Waals surface area contributed by atoms with Crippen LogP contribution in [0, 0.1) is 40.8 Å². The largest absolute Gasteiger partial charge is 0.491 e. The topological polar surface area (TPSA) is 38.7 Å². The Kier molecular flexibility index (Phi) is 8.90. The number of hydrogen-bond acceptors (Lipinski definition) is 3. The molecule has 39 heavy (non-hydrogen) atoms. The summed E-state index contributed by atoms with van der Waals surface area (Å²) in [7, 11) is 0. The number of ether oxygens (including phenoxy) is 2. The Balaban J connectivity index is 1.44. The smallest absolute Gasteiger partial charge is 0.201 e. The van der Waals surface area contributed by atoms with Gasteiger partial charge in [0.05, 0.1) is 19.3 Å². The molecule has 3 aromatic carbocycles. The first-order valence-electron chi connectivity index (χ1n) is 12.7. The lowest BCUT2D eigenvalue weighted by atomic mass is 9.86. The summed E-state index contributed by atoms with van der Waals surface area (Å²) in [5.74, 6) is -8.25. The average molecular weight is 551 g/mol. The van der Waals surface area contributed by atoms with Crippen molar-refractivity contribution in [3.05, 3.63) is 88.5 Å². The van der Waals surface area contributed by atoms with Gasteiger partial charge in [0.15, 0.2) is 34.8 Å². The molecule has 4 rings (SSSR count). The number of halogens is 6. The van der Waals surface area contributed by atoms with Crippen molar-refractivity contribution in [3.8, 4) is 22.6 Å². The van der Waals surface area contributed by atoms with Crippen LogP contribution in [0.15, 0.2) is 42.5 Å². The molecule has 0 aliphatic heterocycles. The standard InChI is InChI=1S/C30H28F6O3/c1-3-22(37)21-10-9-18(25(31)28(21)34)17-7-5-16(6-8-17)15-39-24-14-12-20(27(33)30(24)36)19-11-13-23(38-4-2)29(35)26(19)32/h7,9-14,16,22,37H,3-6,8,15H2,1-2H3. The van der Waals surface area contributed by atoms with Crippen LogP contribution in [-0.2, 0) is 0 Å². The van der Waals surface area contributed by atoms with Gasteiger partial charge in [-0.3, -0.25) is 0 Å². The van der Waals surface area contributed by atoms with Crippen molar-refractivity contribution in [1.82, 2.24) is 0 Å². The summed E-state index contributed by atoms with van der Waals surface area (Å²) in [5, 5.41) is 9.86. The van der Waals surface area contributed by atoms with Gasteiger partial charge in [0.1, 0.15) is 0 Å². The van der Waals surface area contributed by atoms with Gasteiger partial charge in [0.2, 0.25) is 11.6 Å². The Bertz CT molecular complexity index is 1390. The maximum Gasteiger partial charge on any atom is 0.201 e. The molecule has 0 bridgehead atoms. The zero-order valence-corrected chi connectivity index (χ0v) is 21.5. The van der Waals surface area contributed by atoms with E-state index >= 15 is 0 Å². The molecule has 1 N–H and O–H groups in total. The molecule has 0 heterocycles. The van der Waals surface area contributed by atoms with Crippen molar-refractivity contribution in [2.75, 3.05) is 13.2 Å². The normalized spacial score (nSPS) is 16.1. The highest BCUT2D eigenvalue weighted by atomic mass is 19.2. The molecule has 208 valence electrons. The fraction of sp³-hybridized carbons (Fsp3) is 0.333. The van der Waals surface area contributed by atoms with Crippen molar-refractivity contribution in [2.24, 2.45) is 5.92 Å². The molecule has 3 aromatic rings. The molecular weight excluding hydrogens is 522 g/mol. The number of hydrogen-bond donors (Lipinski definition) is 1. The maximum absolute atomic E-state index is 14.8. The fourth-order valence-corrected chi connectivity index (χ4v) is 4.64. The van der Waals surface area contributed by atoms with Crippen molar-refractivity contribution in [3.63, 3.8) is 0 Å². The molecule has 0 fully saturated rings. The third-order valence-electron chi connectivity index (χ3n) is 6.88. The van der Waals surface area contributed by atoms with E-state index in [1.807, 2.05) is 0 Å². The summed E-state index contributed by atoms with van der Waals surface area (Å²) in [6, 6.07) is 7.35. The Labute approximate surface area is 222 Å². The van der Waals surface area contributed by atoms with E-state index in [0.717, 1.165) is 24.3 Å². The minimum Gasteiger partial charge on any atom is -0.491 e. The van der Waals surface area contributed by atoms with Crippen LogP contribution in [0.2, 0.25) is 0 Å². The van der Waals surface area contributed by atoms with E-state index in [4.69, 9.17) is 9.47 Å². The molecule has 0 saturated carbocycles. The average Bonchev–Trinajstić information content (AvgIpc) is 2.94. The lowest BCUT2D eigenvalue weighted by Gasteiger charge is -2.23. The highest BCUT2D eigenvalue weighted by Gasteiger charge is 2.25. The number of aliphatic hydroxyl groups is 1. The number of aliphatic hydroxyl groups excluding tert-OH is 1. The third kappa shape index (κ3) is 5.78. The van der Waals surface area contributed by atoms with E-state index < -0.39 is 52.1 Å². The van der Waals surface area contributed by atoms with Crippen LogP contribution in [0.1, 0.15) is 56.8 Å². The second kappa shape index (κ2) is 12.2. The Morgan fingerprint density at radius 1 is 0.744 bits per heavy atom. The van der Waals surface area contributed by atoms with Gasteiger partial charge in [0.25, 0.3) is 0 Å². The lowest BCUT2D eigenvalue weighted by Crippen LogP contribution is -2.16. The minimum atomic E-state index is -1.38. The molecule has 0 aromatic heterocycles. The van der Waals surface area contributed by atoms with Gasteiger partial charge in [-0.25, -0.2) is 17.6 Å². The first kappa shape index (κ1) is 28.5. The van der Waals surface area contributed by atoms with Gasteiger partial charge < -0.3 is 14.6 Å². The van der Waals surface area contributed by atoms with Crippen LogP contribution in [0.4, 0.5) is 26.3 Å². The number of allylic oxidation sites excluding steroid dienone is 2. The second-order valence-electron chi connectivity index (χ2n) is 9.35. The molecule has 3 nitrogen and oxygen atoms in total. The van der Waals surface area contributed by atoms with Crippen molar-refractivity contribution >= 4 is 5.57 Å². The van der Waals surface area contributed by atoms with Gasteiger partial charge in [-0.15, -0.1) is 0 Å². The molecule has 2 atom stereocenters. The van der Waals surface area contributed by atoms with E-state index in [0.29, 0.717) is 24.8 Å². The SMILES string of the molecule is CCOc1ccc(-c2ccc(OCC3CC=C(c4ccc(C(O)CC)c(F)c4F)CC3)c(F)c2F)c(F)c1F. The van der Waals surface area contributed by atoms with Crippen LogP contribution >= 0.6 is 0 Å². The van der Waals surface area contributed by atoms with Crippen LogP contribution in [0.25, 0.3) is 16.7 Å². The summed E-state index contributed by atoms with van der Waals surface area (Å²) < 4.78 is 97.9. The number of rotatable bonds is 9. The van der Waals surface area contributed by atoms with Crippen LogP contribution < -0.4 is 9.47 Å². The summed E-state index contributed by atoms with van der Waals surface area (Å²) in [4.78, 5) is 0. The van der Waals surface area contributed by atoms with Gasteiger partial charge >= 0.3 is 0 Å². The van der Waals surface area contributed by atoms with E-state index in [1.165, 1.54) is 12.1 Å². The summed E-state index contributed by atoms with van der Waals surface area (Å²) >= 11 is 0. The van der Waals surface area contributed by atoms with Crippen LogP contribution in [0.5, 0.6) is 11.5 Å². The van der Waals surface area contributed by atoms with Gasteiger partial charge in [-0.05, 0) is 68.4 Å². The predicted octanol–water partition coefficient (Wildman–Crippen LogP) is 8.29. The first-order chi connectivity index (χ1) is 18.7. The lowest BCUT2D eigenvalue weighted by molar-refractivity contribution is 0.167. The van der Waals surface area contributed by atoms with Gasteiger partial charge in [0, 0.05) is 22.3 Å². The molecule has 9 heteroatoms. The highest BCUT2D eigenvalue weighted by Crippen LogP contribution is 2.37. The third-order valence-corrected chi connectivity index (χ3v) is 6.88. The molecule has 1 aliphatic carbocycles. The zero-order chi connectivity index (χ0) is 28.3. The Hall–Kier alpha value is -3.46. The molecule has 2 unspecified atom stereocenters. The van der Waals surface area contributed by atoms with E-state index in [1.54, 1.807) is 19.9 Å². The molecule has 0 spiro atoms. The van der Waals surface area contributed by atoms with Gasteiger partial charge in [-0.2, -0.15) is 8.78 Å².